The van der Waals surface area contributed by atoms with Crippen molar-refractivity contribution in [2.45, 2.75) is 38.8 Å². The molecule has 0 bridgehead atoms. The summed E-state index contributed by atoms with van der Waals surface area (Å²) in [6.45, 7) is 7.00. The lowest BCUT2D eigenvalue weighted by Crippen LogP contribution is -2.40. The lowest BCUT2D eigenvalue weighted by Gasteiger charge is -2.22. The van der Waals surface area contributed by atoms with Crippen LogP contribution in [0, 0.1) is 5.82 Å². The third-order valence-electron chi connectivity index (χ3n) is 3.95. The van der Waals surface area contributed by atoms with Crippen LogP contribution in [0.25, 0.3) is 11.3 Å². The van der Waals surface area contributed by atoms with Crippen LogP contribution in [0.5, 0.6) is 0 Å². The Hall–Kier alpha value is -2.57. The summed E-state index contributed by atoms with van der Waals surface area (Å²) < 4.78 is 18.3. The Morgan fingerprint density at radius 3 is 2.76 bits per heavy atom. The van der Waals surface area contributed by atoms with Crippen LogP contribution >= 0.6 is 0 Å². The Kier molecular flexibility index (Phi) is 4.65. The van der Waals surface area contributed by atoms with Crippen LogP contribution < -0.4 is 10.2 Å². The quantitative estimate of drug-likeness (QED) is 0.894. The average molecular weight is 346 g/mol. The van der Waals surface area contributed by atoms with E-state index in [1.807, 2.05) is 26.8 Å². The number of nitrogens with one attached hydrogen (secondary N) is 2. The number of anilines is 1. The second-order valence-corrected chi connectivity index (χ2v) is 7.22. The highest BCUT2D eigenvalue weighted by Crippen LogP contribution is 2.24. The minimum atomic E-state index is -0.505. The maximum absolute atomic E-state index is 13.0. The van der Waals surface area contributed by atoms with E-state index in [9.17, 15) is 9.18 Å². The van der Waals surface area contributed by atoms with E-state index in [-0.39, 0.29) is 11.9 Å². The van der Waals surface area contributed by atoms with E-state index in [1.165, 1.54) is 12.1 Å². The SMILES string of the molecule is CC(C)(C)OC(=O)NC1CCN(c2cc(-c3ccc(F)cc3)[nH]n2)C1. The van der Waals surface area contributed by atoms with Gasteiger partial charge in [-0.1, -0.05) is 0 Å². The van der Waals surface area contributed by atoms with Gasteiger partial charge in [0.2, 0.25) is 0 Å². The van der Waals surface area contributed by atoms with Gasteiger partial charge in [-0.3, -0.25) is 5.10 Å². The number of H-pyrrole nitrogens is 1. The smallest absolute Gasteiger partial charge is 0.407 e. The zero-order chi connectivity index (χ0) is 18.0. The second-order valence-electron chi connectivity index (χ2n) is 7.22. The van der Waals surface area contributed by atoms with Gasteiger partial charge in [0.15, 0.2) is 5.82 Å². The predicted molar refractivity (Wildman–Crippen MR) is 94.0 cm³/mol. The zero-order valence-electron chi connectivity index (χ0n) is 14.7. The van der Waals surface area contributed by atoms with Crippen LogP contribution in [-0.4, -0.2) is 41.0 Å². The van der Waals surface area contributed by atoms with Crippen LogP contribution in [0.2, 0.25) is 0 Å². The zero-order valence-corrected chi connectivity index (χ0v) is 14.7. The number of hydrogen-bond acceptors (Lipinski definition) is 4. The number of ether oxygens (including phenoxy) is 1. The largest absolute Gasteiger partial charge is 0.444 e. The molecule has 2 N–H and O–H groups in total. The molecule has 1 atom stereocenters. The van der Waals surface area contributed by atoms with E-state index in [0.717, 1.165) is 30.0 Å². The molecule has 1 amide bonds. The summed E-state index contributed by atoms with van der Waals surface area (Å²) in [5.74, 6) is 0.548. The number of halogens is 1. The maximum Gasteiger partial charge on any atom is 0.407 e. The monoisotopic (exact) mass is 346 g/mol. The van der Waals surface area contributed by atoms with Gasteiger partial charge in [-0.15, -0.1) is 0 Å². The molecule has 0 radical (unpaired) electrons. The topological polar surface area (TPSA) is 70.2 Å². The summed E-state index contributed by atoms with van der Waals surface area (Å²) in [6, 6.07) is 8.23. The minimum Gasteiger partial charge on any atom is -0.444 e. The Balaban J connectivity index is 1.59. The normalized spacial score (nSPS) is 17.6. The van der Waals surface area contributed by atoms with Crippen molar-refractivity contribution in [3.05, 3.63) is 36.1 Å². The molecule has 1 aliphatic heterocycles. The molecule has 1 aliphatic rings. The molecule has 7 heteroatoms. The number of carbonyl (C=O) groups excluding carboxylic acids is 1. The van der Waals surface area contributed by atoms with Crippen LogP contribution in [-0.2, 0) is 4.74 Å². The Labute approximate surface area is 146 Å². The van der Waals surface area contributed by atoms with Crippen molar-refractivity contribution in [3.63, 3.8) is 0 Å². The fourth-order valence-corrected chi connectivity index (χ4v) is 2.81. The summed E-state index contributed by atoms with van der Waals surface area (Å²) in [5.41, 5.74) is 1.20. The Bertz CT molecular complexity index is 736. The minimum absolute atomic E-state index is 0.0285. The van der Waals surface area contributed by atoms with Gasteiger partial charge < -0.3 is 15.0 Å². The Morgan fingerprint density at radius 2 is 2.08 bits per heavy atom. The van der Waals surface area contributed by atoms with E-state index in [0.29, 0.717) is 6.54 Å². The molecule has 1 unspecified atom stereocenters. The molecular formula is C18H23FN4O2. The lowest BCUT2D eigenvalue weighted by molar-refractivity contribution is 0.0509. The molecule has 1 aromatic carbocycles. The van der Waals surface area contributed by atoms with Gasteiger partial charge in [-0.05, 0) is 57.0 Å². The number of carbonyl (C=O) groups is 1. The predicted octanol–water partition coefficient (Wildman–Crippen LogP) is 3.32. The molecule has 3 rings (SSSR count). The Morgan fingerprint density at radius 1 is 1.36 bits per heavy atom. The van der Waals surface area contributed by atoms with Gasteiger partial charge in [0, 0.05) is 19.2 Å². The molecule has 1 fully saturated rings. The molecule has 1 aromatic heterocycles. The number of alkyl carbamates (subject to hydrolysis) is 1. The summed E-state index contributed by atoms with van der Waals surface area (Å²) in [7, 11) is 0. The molecule has 2 aromatic rings. The van der Waals surface area contributed by atoms with Crippen molar-refractivity contribution in [1.82, 2.24) is 15.5 Å². The van der Waals surface area contributed by atoms with Crippen LogP contribution in [0.1, 0.15) is 27.2 Å². The molecule has 1 saturated heterocycles. The lowest BCUT2D eigenvalue weighted by atomic mass is 10.1. The van der Waals surface area contributed by atoms with Crippen LogP contribution in [0.4, 0.5) is 15.0 Å². The van der Waals surface area contributed by atoms with E-state index in [2.05, 4.69) is 20.4 Å². The summed E-state index contributed by atoms with van der Waals surface area (Å²) in [6.07, 6.45) is 0.436. The first kappa shape index (κ1) is 17.3. The van der Waals surface area contributed by atoms with Gasteiger partial charge in [0.25, 0.3) is 0 Å². The highest BCUT2D eigenvalue weighted by atomic mass is 19.1. The molecule has 0 spiro atoms. The van der Waals surface area contributed by atoms with E-state index < -0.39 is 11.7 Å². The third kappa shape index (κ3) is 4.49. The number of rotatable bonds is 3. The first-order chi connectivity index (χ1) is 11.8. The number of aromatic amines is 1. The number of hydrogen-bond donors (Lipinski definition) is 2. The van der Waals surface area contributed by atoms with Crippen molar-refractivity contribution < 1.29 is 13.9 Å². The summed E-state index contributed by atoms with van der Waals surface area (Å²) in [5, 5.41) is 10.2. The fraction of sp³-hybridized carbons (Fsp3) is 0.444. The van der Waals surface area contributed by atoms with E-state index in [4.69, 9.17) is 4.74 Å². The van der Waals surface area contributed by atoms with Crippen LogP contribution in [0.15, 0.2) is 30.3 Å². The molecule has 0 saturated carbocycles. The van der Waals surface area contributed by atoms with Gasteiger partial charge >= 0.3 is 6.09 Å². The highest BCUT2D eigenvalue weighted by Gasteiger charge is 2.27. The van der Waals surface area contributed by atoms with Gasteiger partial charge in [-0.2, -0.15) is 5.10 Å². The van der Waals surface area contributed by atoms with Crippen LogP contribution in [0.3, 0.4) is 0 Å². The first-order valence-corrected chi connectivity index (χ1v) is 8.36. The van der Waals surface area contributed by atoms with Gasteiger partial charge in [0.1, 0.15) is 11.4 Å². The molecule has 0 aliphatic carbocycles. The average Bonchev–Trinajstić information content (AvgIpc) is 3.15. The van der Waals surface area contributed by atoms with Gasteiger partial charge in [-0.25, -0.2) is 9.18 Å². The molecule has 134 valence electrons. The molecule has 2 heterocycles. The highest BCUT2D eigenvalue weighted by molar-refractivity contribution is 5.68. The molecule has 25 heavy (non-hydrogen) atoms. The standard InChI is InChI=1S/C18H23FN4O2/c1-18(2,3)25-17(24)20-14-8-9-23(11-14)16-10-15(21-22-16)12-4-6-13(19)7-5-12/h4-7,10,14H,8-9,11H2,1-3H3,(H,20,24)(H,21,22). The second kappa shape index (κ2) is 6.74. The number of aromatic nitrogens is 2. The molecule has 6 nitrogen and oxygen atoms in total. The van der Waals surface area contributed by atoms with E-state index in [1.54, 1.807) is 12.1 Å². The van der Waals surface area contributed by atoms with Crippen molar-refractivity contribution in [3.8, 4) is 11.3 Å². The number of benzene rings is 1. The fourth-order valence-electron chi connectivity index (χ4n) is 2.81. The van der Waals surface area contributed by atoms with Crippen molar-refractivity contribution >= 4 is 11.9 Å². The van der Waals surface area contributed by atoms with E-state index >= 15 is 0 Å². The third-order valence-corrected chi connectivity index (χ3v) is 3.95. The maximum atomic E-state index is 13.0. The van der Waals surface area contributed by atoms with Gasteiger partial charge in [0.05, 0.1) is 11.7 Å². The molecular weight excluding hydrogens is 323 g/mol. The van der Waals surface area contributed by atoms with Crippen molar-refractivity contribution in [2.24, 2.45) is 0 Å². The number of nitrogens with zero attached hydrogens (tertiary/aromatic N) is 2. The summed E-state index contributed by atoms with van der Waals surface area (Å²) >= 11 is 0. The first-order valence-electron chi connectivity index (χ1n) is 8.36. The number of amides is 1. The van der Waals surface area contributed by atoms with Crippen molar-refractivity contribution in [2.75, 3.05) is 18.0 Å². The van der Waals surface area contributed by atoms with Crippen molar-refractivity contribution in [1.29, 1.82) is 0 Å². The summed E-state index contributed by atoms with van der Waals surface area (Å²) in [4.78, 5) is 14.0.